The van der Waals surface area contributed by atoms with E-state index in [1.165, 1.54) is 6.42 Å². The highest BCUT2D eigenvalue weighted by Crippen LogP contribution is 2.48. The first-order valence-electron chi connectivity index (χ1n) is 7.71. The SMILES string of the molecule is O=S(=O)(C1C[C@@H]2CC[C@H]1C2)N1CCC(CCCO)C1. The van der Waals surface area contributed by atoms with Crippen LogP contribution in [0, 0.1) is 17.8 Å². The lowest BCUT2D eigenvalue weighted by Gasteiger charge is -2.27. The summed E-state index contributed by atoms with van der Waals surface area (Å²) in [6.07, 6.45) is 7.15. The van der Waals surface area contributed by atoms with Crippen molar-refractivity contribution in [2.45, 2.75) is 50.2 Å². The van der Waals surface area contributed by atoms with Crippen LogP contribution >= 0.6 is 0 Å². The van der Waals surface area contributed by atoms with Gasteiger partial charge in [-0.3, -0.25) is 0 Å². The molecule has 5 heteroatoms. The topological polar surface area (TPSA) is 57.6 Å². The summed E-state index contributed by atoms with van der Waals surface area (Å²) in [5, 5.41) is 8.78. The third kappa shape index (κ3) is 2.57. The first-order chi connectivity index (χ1) is 9.11. The fraction of sp³-hybridized carbons (Fsp3) is 1.00. The lowest BCUT2D eigenvalue weighted by atomic mass is 10.0. The normalized spacial score (nSPS) is 39.2. The average Bonchev–Trinajstić information content (AvgIpc) is 3.11. The van der Waals surface area contributed by atoms with E-state index < -0.39 is 10.0 Å². The lowest BCUT2D eigenvalue weighted by Crippen LogP contribution is -2.40. The monoisotopic (exact) mass is 287 g/mol. The fourth-order valence-electron chi connectivity index (χ4n) is 4.39. The minimum atomic E-state index is -3.06. The molecule has 0 spiro atoms. The van der Waals surface area contributed by atoms with Crippen LogP contribution in [0.25, 0.3) is 0 Å². The van der Waals surface area contributed by atoms with Crippen molar-refractivity contribution >= 4 is 10.0 Å². The molecule has 3 rings (SSSR count). The van der Waals surface area contributed by atoms with Crippen molar-refractivity contribution in [3.8, 4) is 0 Å². The number of nitrogens with zero attached hydrogens (tertiary/aromatic N) is 1. The van der Waals surface area contributed by atoms with Gasteiger partial charge in [-0.05, 0) is 56.3 Å². The third-order valence-electron chi connectivity index (χ3n) is 5.43. The van der Waals surface area contributed by atoms with Crippen molar-refractivity contribution in [2.75, 3.05) is 19.7 Å². The molecule has 3 aliphatic rings. The van der Waals surface area contributed by atoms with Crippen LogP contribution in [0.3, 0.4) is 0 Å². The van der Waals surface area contributed by atoms with E-state index in [4.69, 9.17) is 5.11 Å². The van der Waals surface area contributed by atoms with Crippen molar-refractivity contribution in [3.05, 3.63) is 0 Å². The van der Waals surface area contributed by atoms with E-state index in [2.05, 4.69) is 0 Å². The van der Waals surface area contributed by atoms with Gasteiger partial charge in [0.25, 0.3) is 0 Å². The van der Waals surface area contributed by atoms with Gasteiger partial charge >= 0.3 is 0 Å². The van der Waals surface area contributed by atoms with Gasteiger partial charge in [-0.25, -0.2) is 12.7 Å². The highest BCUT2D eigenvalue weighted by Gasteiger charge is 2.48. The van der Waals surface area contributed by atoms with Crippen LogP contribution in [0.2, 0.25) is 0 Å². The number of aliphatic hydroxyl groups excluding tert-OH is 1. The van der Waals surface area contributed by atoms with E-state index in [1.54, 1.807) is 4.31 Å². The summed E-state index contributed by atoms with van der Waals surface area (Å²) in [6, 6.07) is 0. The Bertz CT molecular complexity index is 422. The van der Waals surface area contributed by atoms with Crippen LogP contribution in [0.5, 0.6) is 0 Å². The molecule has 0 amide bonds. The second-order valence-electron chi connectivity index (χ2n) is 6.64. The Labute approximate surface area is 116 Å². The Balaban J connectivity index is 1.62. The summed E-state index contributed by atoms with van der Waals surface area (Å²) in [5.41, 5.74) is 0. The Morgan fingerprint density at radius 1 is 1.16 bits per heavy atom. The van der Waals surface area contributed by atoms with Crippen LogP contribution in [0.4, 0.5) is 0 Å². The predicted molar refractivity (Wildman–Crippen MR) is 74.2 cm³/mol. The standard InChI is InChI=1S/C14H25NO3S/c16-7-1-2-11-5-6-15(10-11)19(17,18)14-9-12-3-4-13(14)8-12/h11-14,16H,1-10H2/t11?,12-,13+,14?/m1/s1. The van der Waals surface area contributed by atoms with Crippen molar-refractivity contribution in [2.24, 2.45) is 17.8 Å². The molecular formula is C14H25NO3S. The number of hydrogen-bond donors (Lipinski definition) is 1. The van der Waals surface area contributed by atoms with Gasteiger partial charge in [-0.1, -0.05) is 6.42 Å². The molecule has 2 unspecified atom stereocenters. The molecule has 0 aromatic heterocycles. The average molecular weight is 287 g/mol. The predicted octanol–water partition coefficient (Wildman–Crippen LogP) is 1.60. The molecule has 0 aromatic carbocycles. The van der Waals surface area contributed by atoms with Crippen LogP contribution in [0.15, 0.2) is 0 Å². The first kappa shape index (κ1) is 13.8. The van der Waals surface area contributed by atoms with E-state index in [-0.39, 0.29) is 11.9 Å². The van der Waals surface area contributed by atoms with Gasteiger partial charge in [-0.2, -0.15) is 0 Å². The molecule has 3 fully saturated rings. The highest BCUT2D eigenvalue weighted by molar-refractivity contribution is 7.89. The Morgan fingerprint density at radius 2 is 2.00 bits per heavy atom. The minimum Gasteiger partial charge on any atom is -0.396 e. The van der Waals surface area contributed by atoms with Gasteiger partial charge < -0.3 is 5.11 Å². The van der Waals surface area contributed by atoms with Crippen molar-refractivity contribution < 1.29 is 13.5 Å². The van der Waals surface area contributed by atoms with E-state index in [0.717, 1.165) is 38.5 Å². The number of rotatable bonds is 5. The van der Waals surface area contributed by atoms with Crippen LogP contribution in [-0.4, -0.2) is 42.8 Å². The molecule has 4 nitrogen and oxygen atoms in total. The van der Waals surface area contributed by atoms with Gasteiger partial charge in [-0.15, -0.1) is 0 Å². The summed E-state index contributed by atoms with van der Waals surface area (Å²) < 4.78 is 27.2. The smallest absolute Gasteiger partial charge is 0.217 e. The molecular weight excluding hydrogens is 262 g/mol. The fourth-order valence-corrected chi connectivity index (χ4v) is 6.80. The molecule has 0 aromatic rings. The summed E-state index contributed by atoms with van der Waals surface area (Å²) in [5.74, 6) is 1.57. The van der Waals surface area contributed by atoms with Crippen LogP contribution in [0.1, 0.15) is 44.9 Å². The summed E-state index contributed by atoms with van der Waals surface area (Å²) in [7, 11) is -3.06. The molecule has 2 saturated carbocycles. The zero-order chi connectivity index (χ0) is 13.5. The Kier molecular flexibility index (Phi) is 3.89. The van der Waals surface area contributed by atoms with Gasteiger partial charge in [0.15, 0.2) is 0 Å². The molecule has 1 heterocycles. The minimum absolute atomic E-state index is 0.0807. The summed E-state index contributed by atoms with van der Waals surface area (Å²) >= 11 is 0. The van der Waals surface area contributed by atoms with Gasteiger partial charge in [0.1, 0.15) is 0 Å². The zero-order valence-electron chi connectivity index (χ0n) is 11.5. The van der Waals surface area contributed by atoms with Gasteiger partial charge in [0.2, 0.25) is 10.0 Å². The lowest BCUT2D eigenvalue weighted by molar-refractivity contribution is 0.272. The van der Waals surface area contributed by atoms with E-state index in [9.17, 15) is 8.42 Å². The Hall–Kier alpha value is -0.130. The number of aliphatic hydroxyl groups is 1. The number of fused-ring (bicyclic) bond motifs is 2. The largest absolute Gasteiger partial charge is 0.396 e. The summed E-state index contributed by atoms with van der Waals surface area (Å²) in [4.78, 5) is 0. The van der Waals surface area contributed by atoms with E-state index >= 15 is 0 Å². The van der Waals surface area contributed by atoms with Crippen LogP contribution in [-0.2, 0) is 10.0 Å². The van der Waals surface area contributed by atoms with Crippen molar-refractivity contribution in [1.82, 2.24) is 4.31 Å². The highest BCUT2D eigenvalue weighted by atomic mass is 32.2. The van der Waals surface area contributed by atoms with E-state index in [0.29, 0.717) is 30.8 Å². The molecule has 1 aliphatic heterocycles. The molecule has 1 N–H and O–H groups in total. The van der Waals surface area contributed by atoms with Gasteiger partial charge in [0, 0.05) is 19.7 Å². The van der Waals surface area contributed by atoms with Crippen LogP contribution < -0.4 is 0 Å². The van der Waals surface area contributed by atoms with Crippen molar-refractivity contribution in [3.63, 3.8) is 0 Å². The van der Waals surface area contributed by atoms with E-state index in [1.807, 2.05) is 0 Å². The zero-order valence-corrected chi connectivity index (χ0v) is 12.3. The molecule has 4 atom stereocenters. The quantitative estimate of drug-likeness (QED) is 0.835. The first-order valence-corrected chi connectivity index (χ1v) is 9.21. The number of sulfonamides is 1. The maximum atomic E-state index is 12.7. The maximum Gasteiger partial charge on any atom is 0.217 e. The molecule has 110 valence electrons. The molecule has 1 saturated heterocycles. The Morgan fingerprint density at radius 3 is 2.63 bits per heavy atom. The maximum absolute atomic E-state index is 12.7. The molecule has 19 heavy (non-hydrogen) atoms. The molecule has 0 radical (unpaired) electrons. The third-order valence-corrected chi connectivity index (χ3v) is 7.83. The van der Waals surface area contributed by atoms with Crippen molar-refractivity contribution in [1.29, 1.82) is 0 Å². The number of hydrogen-bond acceptors (Lipinski definition) is 3. The second-order valence-corrected chi connectivity index (χ2v) is 8.79. The van der Waals surface area contributed by atoms with Gasteiger partial charge in [0.05, 0.1) is 5.25 Å². The molecule has 2 bridgehead atoms. The second kappa shape index (κ2) is 5.34. The molecule has 2 aliphatic carbocycles. The summed E-state index contributed by atoms with van der Waals surface area (Å²) in [6.45, 7) is 1.61.